The summed E-state index contributed by atoms with van der Waals surface area (Å²) in [5, 5.41) is 22.5. The first-order valence-electron chi connectivity index (χ1n) is 5.32. The predicted molar refractivity (Wildman–Crippen MR) is 75.7 cm³/mol. The summed E-state index contributed by atoms with van der Waals surface area (Å²) in [6, 6.07) is 4.87. The van der Waals surface area contributed by atoms with Gasteiger partial charge in [0.15, 0.2) is 0 Å². The number of aliphatic carboxylic acids is 1. The van der Waals surface area contributed by atoms with Crippen LogP contribution in [-0.4, -0.2) is 22.5 Å². The van der Waals surface area contributed by atoms with Crippen molar-refractivity contribution in [2.24, 2.45) is 5.92 Å². The molecule has 6 nitrogen and oxygen atoms in total. The average Bonchev–Trinajstić information content (AvgIpc) is 2.30. The molecule has 0 radical (unpaired) electrons. The van der Waals surface area contributed by atoms with Crippen LogP contribution in [-0.2, 0) is 4.79 Å². The molecule has 0 fully saturated rings. The van der Waals surface area contributed by atoms with E-state index in [2.05, 4.69) is 5.32 Å². The molecule has 0 heterocycles. The number of hydrogen-bond acceptors (Lipinski definition) is 4. The first-order chi connectivity index (χ1) is 8.41. The SMILES string of the molecule is CC(CCNc1ccc(I)cc1[N+](=O)[O-])C(=O)O. The number of nitro groups is 1. The van der Waals surface area contributed by atoms with Crippen molar-refractivity contribution in [1.82, 2.24) is 0 Å². The predicted octanol–water partition coefficient (Wildman–Crippen LogP) is 2.72. The molecule has 0 aliphatic heterocycles. The first-order valence-corrected chi connectivity index (χ1v) is 6.40. The molecule has 98 valence electrons. The van der Waals surface area contributed by atoms with Gasteiger partial charge >= 0.3 is 5.97 Å². The zero-order chi connectivity index (χ0) is 13.7. The fraction of sp³-hybridized carbons (Fsp3) is 0.364. The van der Waals surface area contributed by atoms with Crippen molar-refractivity contribution in [1.29, 1.82) is 0 Å². The maximum atomic E-state index is 10.8. The Hall–Kier alpha value is -1.38. The van der Waals surface area contributed by atoms with E-state index in [1.807, 2.05) is 22.6 Å². The molecule has 1 atom stereocenters. The third kappa shape index (κ3) is 4.13. The molecule has 0 amide bonds. The highest BCUT2D eigenvalue weighted by atomic mass is 127. The van der Waals surface area contributed by atoms with Gasteiger partial charge in [0.05, 0.1) is 10.8 Å². The van der Waals surface area contributed by atoms with Crippen LogP contribution in [0.15, 0.2) is 18.2 Å². The summed E-state index contributed by atoms with van der Waals surface area (Å²) in [5.41, 5.74) is 0.419. The van der Waals surface area contributed by atoms with Crippen LogP contribution >= 0.6 is 22.6 Å². The Balaban J connectivity index is 2.67. The largest absolute Gasteiger partial charge is 0.481 e. The van der Waals surface area contributed by atoms with Gasteiger partial charge in [0.25, 0.3) is 5.69 Å². The molecule has 0 aliphatic rings. The lowest BCUT2D eigenvalue weighted by atomic mass is 10.1. The van der Waals surface area contributed by atoms with Gasteiger partial charge in [-0.25, -0.2) is 0 Å². The third-order valence-electron chi connectivity index (χ3n) is 2.47. The summed E-state index contributed by atoms with van der Waals surface area (Å²) >= 11 is 2.00. The number of nitro benzene ring substituents is 1. The molecular formula is C11H13IN2O4. The van der Waals surface area contributed by atoms with E-state index in [0.29, 0.717) is 18.7 Å². The molecular weight excluding hydrogens is 351 g/mol. The third-order valence-corrected chi connectivity index (χ3v) is 3.14. The molecule has 7 heteroatoms. The second-order valence-corrected chi connectivity index (χ2v) is 5.12. The minimum absolute atomic E-state index is 0.00452. The smallest absolute Gasteiger partial charge is 0.306 e. The second-order valence-electron chi connectivity index (χ2n) is 3.87. The van der Waals surface area contributed by atoms with Crippen molar-refractivity contribution in [2.45, 2.75) is 13.3 Å². The fourth-order valence-corrected chi connectivity index (χ4v) is 1.83. The van der Waals surface area contributed by atoms with Crippen LogP contribution < -0.4 is 5.32 Å². The minimum Gasteiger partial charge on any atom is -0.481 e. The molecule has 1 aromatic carbocycles. The number of carboxylic acid groups (broad SMARTS) is 1. The van der Waals surface area contributed by atoms with Gasteiger partial charge in [-0.15, -0.1) is 0 Å². The first kappa shape index (κ1) is 14.7. The molecule has 0 saturated carbocycles. The van der Waals surface area contributed by atoms with E-state index in [1.165, 1.54) is 6.07 Å². The van der Waals surface area contributed by atoms with Crippen LogP contribution in [0.4, 0.5) is 11.4 Å². The highest BCUT2D eigenvalue weighted by Crippen LogP contribution is 2.26. The lowest BCUT2D eigenvalue weighted by Gasteiger charge is -2.09. The number of benzene rings is 1. The normalized spacial score (nSPS) is 11.9. The molecule has 0 saturated heterocycles. The number of rotatable bonds is 6. The van der Waals surface area contributed by atoms with Crippen molar-refractivity contribution in [3.8, 4) is 0 Å². The van der Waals surface area contributed by atoms with E-state index in [9.17, 15) is 14.9 Å². The Kier molecular flexibility index (Phi) is 5.32. The van der Waals surface area contributed by atoms with Crippen LogP contribution in [0.3, 0.4) is 0 Å². The monoisotopic (exact) mass is 364 g/mol. The Morgan fingerprint density at radius 3 is 2.83 bits per heavy atom. The zero-order valence-electron chi connectivity index (χ0n) is 9.72. The van der Waals surface area contributed by atoms with Gasteiger partial charge in [0.1, 0.15) is 5.69 Å². The summed E-state index contributed by atoms with van der Waals surface area (Å²) in [6.45, 7) is 1.99. The second kappa shape index (κ2) is 6.53. The molecule has 0 aliphatic carbocycles. The summed E-state index contributed by atoms with van der Waals surface area (Å²) in [7, 11) is 0. The molecule has 0 spiro atoms. The quantitative estimate of drug-likeness (QED) is 0.460. The molecule has 1 unspecified atom stereocenters. The van der Waals surface area contributed by atoms with Gasteiger partial charge < -0.3 is 10.4 Å². The van der Waals surface area contributed by atoms with Gasteiger partial charge in [-0.1, -0.05) is 6.92 Å². The van der Waals surface area contributed by atoms with Gasteiger partial charge in [-0.2, -0.15) is 0 Å². The lowest BCUT2D eigenvalue weighted by molar-refractivity contribution is -0.384. The fourth-order valence-electron chi connectivity index (χ4n) is 1.35. The Labute approximate surface area is 118 Å². The van der Waals surface area contributed by atoms with Crippen molar-refractivity contribution in [3.63, 3.8) is 0 Å². The highest BCUT2D eigenvalue weighted by molar-refractivity contribution is 14.1. The van der Waals surface area contributed by atoms with E-state index < -0.39 is 16.8 Å². The molecule has 0 bridgehead atoms. The molecule has 2 N–H and O–H groups in total. The average molecular weight is 364 g/mol. The highest BCUT2D eigenvalue weighted by Gasteiger charge is 2.15. The summed E-state index contributed by atoms with van der Waals surface area (Å²) in [4.78, 5) is 21.0. The Morgan fingerprint density at radius 2 is 2.28 bits per heavy atom. The maximum Gasteiger partial charge on any atom is 0.306 e. The van der Waals surface area contributed by atoms with Gasteiger partial charge in [0.2, 0.25) is 0 Å². The number of nitrogens with zero attached hydrogens (tertiary/aromatic N) is 1. The van der Waals surface area contributed by atoms with E-state index in [0.717, 1.165) is 3.57 Å². The Bertz CT molecular complexity index is 464. The van der Waals surface area contributed by atoms with Crippen molar-refractivity contribution in [2.75, 3.05) is 11.9 Å². The number of nitrogens with one attached hydrogen (secondary N) is 1. The molecule has 1 aromatic rings. The maximum absolute atomic E-state index is 10.8. The van der Waals surface area contributed by atoms with Crippen LogP contribution in [0.5, 0.6) is 0 Å². The topological polar surface area (TPSA) is 92.5 Å². The van der Waals surface area contributed by atoms with Gasteiger partial charge in [-0.3, -0.25) is 14.9 Å². The summed E-state index contributed by atoms with van der Waals surface area (Å²) in [5.74, 6) is -1.34. The lowest BCUT2D eigenvalue weighted by Crippen LogP contribution is -2.14. The number of carboxylic acids is 1. The van der Waals surface area contributed by atoms with Gasteiger partial charge in [-0.05, 0) is 41.1 Å². The van der Waals surface area contributed by atoms with Crippen molar-refractivity contribution in [3.05, 3.63) is 31.9 Å². The standard InChI is InChI=1S/C11H13IN2O4/c1-7(11(15)16)4-5-13-9-3-2-8(12)6-10(9)14(17)18/h2-3,6-7,13H,4-5H2,1H3,(H,15,16). The molecule has 0 aromatic heterocycles. The molecule has 1 rings (SSSR count). The number of carbonyl (C=O) groups is 1. The summed E-state index contributed by atoms with van der Waals surface area (Å²) < 4.78 is 0.781. The van der Waals surface area contributed by atoms with E-state index in [1.54, 1.807) is 19.1 Å². The van der Waals surface area contributed by atoms with E-state index in [-0.39, 0.29) is 5.69 Å². The number of anilines is 1. The van der Waals surface area contributed by atoms with Crippen LogP contribution in [0.1, 0.15) is 13.3 Å². The minimum atomic E-state index is -0.867. The Morgan fingerprint density at radius 1 is 1.61 bits per heavy atom. The van der Waals surface area contributed by atoms with Crippen molar-refractivity contribution < 1.29 is 14.8 Å². The number of hydrogen-bond donors (Lipinski definition) is 2. The number of halogens is 1. The van der Waals surface area contributed by atoms with Crippen molar-refractivity contribution >= 4 is 39.9 Å². The molecule has 18 heavy (non-hydrogen) atoms. The van der Waals surface area contributed by atoms with Crippen LogP contribution in [0, 0.1) is 19.6 Å². The van der Waals surface area contributed by atoms with Gasteiger partial charge in [0, 0.05) is 16.2 Å². The van der Waals surface area contributed by atoms with Crippen LogP contribution in [0.25, 0.3) is 0 Å². The van der Waals surface area contributed by atoms with E-state index in [4.69, 9.17) is 5.11 Å². The van der Waals surface area contributed by atoms with Crippen LogP contribution in [0.2, 0.25) is 0 Å². The zero-order valence-corrected chi connectivity index (χ0v) is 11.9. The van der Waals surface area contributed by atoms with E-state index >= 15 is 0 Å². The summed E-state index contributed by atoms with van der Waals surface area (Å²) in [6.07, 6.45) is 0.415.